The zero-order valence-corrected chi connectivity index (χ0v) is 16.3. The molecule has 0 spiro atoms. The zero-order chi connectivity index (χ0) is 21.1. The molecule has 0 bridgehead atoms. The Labute approximate surface area is 171 Å². The number of nitrogens with two attached hydrogens (primary N) is 1. The standard InChI is InChI=1S/C18H13ClF4N4OS/c1-17(13-14(18(13,22)23)29-16(24)27-17)9-4-8(5-10(20)12(9)21)26-15(28)11-3-2-7(19)6-25-11/h2-6,13-14H,1H3,(H2,24,27)(H,26,28)/t13-,14?,17-/m1/s1. The second-order valence-corrected chi connectivity index (χ2v) is 8.52. The molecular weight excluding hydrogens is 432 g/mol. The summed E-state index contributed by atoms with van der Waals surface area (Å²) in [5.74, 6) is -7.80. The maximum Gasteiger partial charge on any atom is 0.274 e. The van der Waals surface area contributed by atoms with Crippen molar-refractivity contribution in [3.8, 4) is 0 Å². The molecule has 1 saturated carbocycles. The van der Waals surface area contributed by atoms with Crippen LogP contribution in [0.15, 0.2) is 35.5 Å². The van der Waals surface area contributed by atoms with Gasteiger partial charge in [0.05, 0.1) is 21.7 Å². The molecular formula is C18H13ClF4N4OS. The van der Waals surface area contributed by atoms with Gasteiger partial charge in [0, 0.05) is 23.5 Å². The highest BCUT2D eigenvalue weighted by atomic mass is 35.5. The van der Waals surface area contributed by atoms with E-state index in [2.05, 4.69) is 15.3 Å². The van der Waals surface area contributed by atoms with E-state index in [-0.39, 0.29) is 16.5 Å². The maximum absolute atomic E-state index is 14.6. The second kappa shape index (κ2) is 6.60. The fourth-order valence-electron chi connectivity index (χ4n) is 3.53. The Morgan fingerprint density at radius 1 is 1.31 bits per heavy atom. The number of benzene rings is 1. The largest absolute Gasteiger partial charge is 0.379 e. The number of rotatable bonds is 3. The number of aliphatic imine (C=N–C) groups is 1. The van der Waals surface area contributed by atoms with Crippen molar-refractivity contribution in [2.45, 2.75) is 23.6 Å². The number of nitrogens with zero attached hydrogens (tertiary/aromatic N) is 2. The van der Waals surface area contributed by atoms with Crippen molar-refractivity contribution in [1.29, 1.82) is 0 Å². The molecule has 1 fully saturated rings. The number of pyridine rings is 1. The Kier molecular flexibility index (Phi) is 4.54. The van der Waals surface area contributed by atoms with Crippen molar-refractivity contribution < 1.29 is 22.4 Å². The van der Waals surface area contributed by atoms with Gasteiger partial charge in [-0.05, 0) is 25.1 Å². The Balaban J connectivity index is 1.72. The number of thioether (sulfide) groups is 1. The Bertz CT molecular complexity index is 1050. The molecule has 152 valence electrons. The maximum atomic E-state index is 14.6. The predicted octanol–water partition coefficient (Wildman–Crippen LogP) is 4.18. The van der Waals surface area contributed by atoms with E-state index in [4.69, 9.17) is 17.3 Å². The SMILES string of the molecule is C[C@]1(c2cc(NC(=O)c3ccc(Cl)cn3)cc(F)c2F)N=C(N)SC2[C@H]1C2(F)F. The molecule has 1 unspecified atom stereocenters. The molecule has 5 nitrogen and oxygen atoms in total. The van der Waals surface area contributed by atoms with Crippen LogP contribution in [0.25, 0.3) is 0 Å². The minimum Gasteiger partial charge on any atom is -0.379 e. The van der Waals surface area contributed by atoms with Crippen LogP contribution in [-0.2, 0) is 5.54 Å². The van der Waals surface area contributed by atoms with Gasteiger partial charge in [-0.15, -0.1) is 0 Å². The van der Waals surface area contributed by atoms with Crippen molar-refractivity contribution >= 4 is 40.1 Å². The first kappa shape index (κ1) is 20.0. The first-order valence-electron chi connectivity index (χ1n) is 8.36. The van der Waals surface area contributed by atoms with Gasteiger partial charge < -0.3 is 11.1 Å². The third-order valence-electron chi connectivity index (χ3n) is 4.97. The second-order valence-electron chi connectivity index (χ2n) is 6.92. The lowest BCUT2D eigenvalue weighted by Crippen LogP contribution is -2.33. The summed E-state index contributed by atoms with van der Waals surface area (Å²) >= 11 is 6.43. The number of nitrogens with one attached hydrogen (secondary N) is 1. The molecule has 2 aliphatic rings. The molecule has 1 aromatic heterocycles. The molecule has 3 atom stereocenters. The normalized spacial score (nSPS) is 27.0. The summed E-state index contributed by atoms with van der Waals surface area (Å²) in [6.07, 6.45) is 1.25. The van der Waals surface area contributed by atoms with Crippen molar-refractivity contribution in [1.82, 2.24) is 4.98 Å². The average Bonchev–Trinajstić information content (AvgIpc) is 3.19. The van der Waals surface area contributed by atoms with Gasteiger partial charge in [0.2, 0.25) is 0 Å². The zero-order valence-electron chi connectivity index (χ0n) is 14.7. The number of hydrogen-bond acceptors (Lipinski definition) is 5. The van der Waals surface area contributed by atoms with E-state index in [1.165, 1.54) is 25.3 Å². The minimum absolute atomic E-state index is 0.0167. The number of amides is 1. The van der Waals surface area contributed by atoms with Crippen LogP contribution in [-0.4, -0.2) is 27.2 Å². The fourth-order valence-corrected chi connectivity index (χ4v) is 4.95. The van der Waals surface area contributed by atoms with Crippen LogP contribution in [0.5, 0.6) is 0 Å². The highest BCUT2D eigenvalue weighted by molar-refractivity contribution is 8.14. The molecule has 2 heterocycles. The van der Waals surface area contributed by atoms with E-state index in [9.17, 15) is 22.4 Å². The van der Waals surface area contributed by atoms with Crippen LogP contribution in [0.4, 0.5) is 23.2 Å². The molecule has 29 heavy (non-hydrogen) atoms. The molecule has 1 aliphatic carbocycles. The molecule has 2 aromatic rings. The number of carbonyl (C=O) groups is 1. The fraction of sp³-hybridized carbons (Fsp3) is 0.278. The summed E-state index contributed by atoms with van der Waals surface area (Å²) in [7, 11) is 0. The topological polar surface area (TPSA) is 80.4 Å². The number of fused-ring (bicyclic) bond motifs is 1. The lowest BCUT2D eigenvalue weighted by molar-refractivity contribution is 0.0817. The average molecular weight is 445 g/mol. The number of amidine groups is 1. The quantitative estimate of drug-likeness (QED) is 0.696. The number of carbonyl (C=O) groups excluding carboxylic acids is 1. The number of hydrogen-bond donors (Lipinski definition) is 2. The van der Waals surface area contributed by atoms with E-state index in [1.54, 1.807) is 0 Å². The van der Waals surface area contributed by atoms with Gasteiger partial charge in [0.15, 0.2) is 16.8 Å². The number of alkyl halides is 2. The molecule has 11 heteroatoms. The number of anilines is 1. The van der Waals surface area contributed by atoms with Crippen LogP contribution >= 0.6 is 23.4 Å². The van der Waals surface area contributed by atoms with Gasteiger partial charge in [-0.25, -0.2) is 22.5 Å². The van der Waals surface area contributed by atoms with Crippen molar-refractivity contribution in [3.05, 3.63) is 58.4 Å². The minimum atomic E-state index is -3.13. The number of halogens is 5. The molecule has 0 saturated heterocycles. The van der Waals surface area contributed by atoms with Gasteiger partial charge in [0.25, 0.3) is 11.8 Å². The molecule has 1 aromatic carbocycles. The van der Waals surface area contributed by atoms with Gasteiger partial charge in [-0.1, -0.05) is 23.4 Å². The first-order valence-corrected chi connectivity index (χ1v) is 9.62. The Hall–Kier alpha value is -2.33. The summed E-state index contributed by atoms with van der Waals surface area (Å²) < 4.78 is 57.3. The molecule has 3 N–H and O–H groups in total. The van der Waals surface area contributed by atoms with Crippen LogP contribution in [0.3, 0.4) is 0 Å². The van der Waals surface area contributed by atoms with E-state index < -0.39 is 45.7 Å². The van der Waals surface area contributed by atoms with Crippen LogP contribution in [0.1, 0.15) is 23.0 Å². The summed E-state index contributed by atoms with van der Waals surface area (Å²) in [6, 6.07) is 4.62. The van der Waals surface area contributed by atoms with Crippen molar-refractivity contribution in [3.63, 3.8) is 0 Å². The van der Waals surface area contributed by atoms with Gasteiger partial charge in [-0.2, -0.15) is 0 Å². The molecule has 1 amide bonds. The highest BCUT2D eigenvalue weighted by Gasteiger charge is 2.77. The van der Waals surface area contributed by atoms with Gasteiger partial charge in [0.1, 0.15) is 5.69 Å². The summed E-state index contributed by atoms with van der Waals surface area (Å²) in [5, 5.41) is 1.40. The van der Waals surface area contributed by atoms with Crippen LogP contribution in [0.2, 0.25) is 5.02 Å². The van der Waals surface area contributed by atoms with E-state index in [0.29, 0.717) is 16.8 Å². The number of aromatic nitrogens is 1. The van der Waals surface area contributed by atoms with Gasteiger partial charge >= 0.3 is 0 Å². The predicted molar refractivity (Wildman–Crippen MR) is 102 cm³/mol. The van der Waals surface area contributed by atoms with Crippen LogP contribution in [0, 0.1) is 17.6 Å². The summed E-state index contributed by atoms with van der Waals surface area (Å²) in [4.78, 5) is 20.2. The summed E-state index contributed by atoms with van der Waals surface area (Å²) in [5.41, 5.74) is 3.31. The van der Waals surface area contributed by atoms with Crippen LogP contribution < -0.4 is 11.1 Å². The van der Waals surface area contributed by atoms with E-state index in [1.807, 2.05) is 0 Å². The smallest absolute Gasteiger partial charge is 0.274 e. The third kappa shape index (κ3) is 3.24. The lowest BCUT2D eigenvalue weighted by atomic mass is 9.86. The Morgan fingerprint density at radius 3 is 2.69 bits per heavy atom. The lowest BCUT2D eigenvalue weighted by Gasteiger charge is -2.29. The monoisotopic (exact) mass is 444 g/mol. The highest BCUT2D eigenvalue weighted by Crippen LogP contribution is 2.67. The van der Waals surface area contributed by atoms with Crippen molar-refractivity contribution in [2.24, 2.45) is 16.6 Å². The first-order chi connectivity index (χ1) is 13.5. The summed E-state index contributed by atoms with van der Waals surface area (Å²) in [6.45, 7) is 1.28. The molecule has 0 radical (unpaired) electrons. The molecule has 1 aliphatic heterocycles. The molecule has 4 rings (SSSR count). The third-order valence-corrected chi connectivity index (χ3v) is 6.37. The van der Waals surface area contributed by atoms with E-state index >= 15 is 0 Å². The Morgan fingerprint density at radius 2 is 2.03 bits per heavy atom. The van der Waals surface area contributed by atoms with Crippen molar-refractivity contribution in [2.75, 3.05) is 5.32 Å². The van der Waals surface area contributed by atoms with Gasteiger partial charge in [-0.3, -0.25) is 9.79 Å². The van der Waals surface area contributed by atoms with E-state index in [0.717, 1.165) is 12.1 Å².